The minimum absolute atomic E-state index is 0.0558. The van der Waals surface area contributed by atoms with Crippen LogP contribution in [0.25, 0.3) is 10.9 Å². The molecule has 122 valence electrons. The van der Waals surface area contributed by atoms with Gasteiger partial charge in [0.1, 0.15) is 5.69 Å². The Morgan fingerprint density at radius 3 is 2.62 bits per heavy atom. The van der Waals surface area contributed by atoms with E-state index < -0.39 is 0 Å². The van der Waals surface area contributed by atoms with Crippen molar-refractivity contribution < 1.29 is 4.79 Å². The van der Waals surface area contributed by atoms with E-state index in [1.165, 1.54) is 0 Å². The van der Waals surface area contributed by atoms with Gasteiger partial charge in [0, 0.05) is 36.6 Å². The second-order valence-corrected chi connectivity index (χ2v) is 5.41. The highest BCUT2D eigenvalue weighted by molar-refractivity contribution is 5.95. The van der Waals surface area contributed by atoms with E-state index in [4.69, 9.17) is 0 Å². The lowest BCUT2D eigenvalue weighted by atomic mass is 10.2. The average molecular weight is 320 g/mol. The Balaban J connectivity index is 1.91. The lowest BCUT2D eigenvalue weighted by Gasteiger charge is -2.18. The number of benzene rings is 1. The number of anilines is 2. The molecule has 2 heterocycles. The van der Waals surface area contributed by atoms with E-state index in [0.717, 1.165) is 22.3 Å². The summed E-state index contributed by atoms with van der Waals surface area (Å²) >= 11 is 0. The Morgan fingerprint density at radius 2 is 1.83 bits per heavy atom. The maximum absolute atomic E-state index is 12.4. The molecule has 1 N–H and O–H groups in total. The van der Waals surface area contributed by atoms with Crippen molar-refractivity contribution in [3.05, 3.63) is 60.6 Å². The van der Waals surface area contributed by atoms with Gasteiger partial charge in [0.05, 0.1) is 11.2 Å². The number of hydrogen-bond donors (Lipinski definition) is 1. The topological polar surface area (TPSA) is 58.1 Å². The van der Waals surface area contributed by atoms with Gasteiger partial charge >= 0.3 is 0 Å². The van der Waals surface area contributed by atoms with Crippen LogP contribution in [0, 0.1) is 0 Å². The van der Waals surface area contributed by atoms with Crippen LogP contribution < -0.4 is 5.32 Å². The van der Waals surface area contributed by atoms with Gasteiger partial charge in [0.25, 0.3) is 5.91 Å². The normalized spacial score (nSPS) is 10.6. The number of rotatable bonds is 5. The second kappa shape index (κ2) is 7.08. The third-order valence-corrected chi connectivity index (χ3v) is 3.94. The van der Waals surface area contributed by atoms with Crippen LogP contribution in [0.5, 0.6) is 0 Å². The molecule has 0 bridgehead atoms. The molecule has 2 aromatic heterocycles. The number of amides is 1. The van der Waals surface area contributed by atoms with Crippen LogP contribution in [0.3, 0.4) is 0 Å². The number of hydrogen-bond acceptors (Lipinski definition) is 4. The lowest BCUT2D eigenvalue weighted by molar-refractivity contribution is 0.0767. The van der Waals surface area contributed by atoms with Gasteiger partial charge in [0.2, 0.25) is 0 Å². The molecular weight excluding hydrogens is 300 g/mol. The predicted molar refractivity (Wildman–Crippen MR) is 96.5 cm³/mol. The van der Waals surface area contributed by atoms with Crippen molar-refractivity contribution in [2.45, 2.75) is 13.8 Å². The zero-order valence-corrected chi connectivity index (χ0v) is 13.9. The Kier molecular flexibility index (Phi) is 4.70. The van der Waals surface area contributed by atoms with Crippen molar-refractivity contribution in [1.29, 1.82) is 0 Å². The van der Waals surface area contributed by atoms with Crippen LogP contribution in [0.2, 0.25) is 0 Å². The van der Waals surface area contributed by atoms with E-state index in [1.54, 1.807) is 23.4 Å². The highest BCUT2D eigenvalue weighted by Crippen LogP contribution is 2.24. The number of nitrogens with zero attached hydrogens (tertiary/aromatic N) is 3. The molecule has 0 atom stereocenters. The summed E-state index contributed by atoms with van der Waals surface area (Å²) in [6.07, 6.45) is 3.42. The van der Waals surface area contributed by atoms with Crippen LogP contribution in [0.1, 0.15) is 24.3 Å². The number of carbonyl (C=O) groups excluding carboxylic acids is 1. The van der Waals surface area contributed by atoms with Gasteiger partial charge in [-0.2, -0.15) is 0 Å². The largest absolute Gasteiger partial charge is 0.354 e. The molecule has 0 aliphatic heterocycles. The molecule has 5 nitrogen and oxygen atoms in total. The molecule has 0 unspecified atom stereocenters. The van der Waals surface area contributed by atoms with Crippen molar-refractivity contribution in [2.24, 2.45) is 0 Å². The first-order chi connectivity index (χ1) is 11.7. The molecule has 0 spiro atoms. The third-order valence-electron chi connectivity index (χ3n) is 3.94. The van der Waals surface area contributed by atoms with Crippen molar-refractivity contribution in [3.8, 4) is 0 Å². The number of pyridine rings is 2. The minimum Gasteiger partial charge on any atom is -0.354 e. The van der Waals surface area contributed by atoms with Gasteiger partial charge in [-0.05, 0) is 38.1 Å². The van der Waals surface area contributed by atoms with Crippen molar-refractivity contribution in [2.75, 3.05) is 18.4 Å². The van der Waals surface area contributed by atoms with Gasteiger partial charge in [0.15, 0.2) is 0 Å². The summed E-state index contributed by atoms with van der Waals surface area (Å²) in [5, 5.41) is 4.41. The third kappa shape index (κ3) is 3.20. The number of aromatic nitrogens is 2. The molecule has 3 rings (SSSR count). The zero-order chi connectivity index (χ0) is 16.9. The number of carbonyl (C=O) groups is 1. The van der Waals surface area contributed by atoms with Crippen molar-refractivity contribution in [1.82, 2.24) is 14.9 Å². The van der Waals surface area contributed by atoms with Gasteiger partial charge in [-0.3, -0.25) is 14.8 Å². The summed E-state index contributed by atoms with van der Waals surface area (Å²) in [5.74, 6) is -0.0558. The van der Waals surface area contributed by atoms with Crippen molar-refractivity contribution in [3.63, 3.8) is 0 Å². The SMILES string of the molecule is CCN(CC)C(=O)c1cc(Nc2cccc3cccnc23)ccn1. The first-order valence-corrected chi connectivity index (χ1v) is 8.09. The predicted octanol–water partition coefficient (Wildman–Crippen LogP) is 3.86. The van der Waals surface area contributed by atoms with E-state index in [1.807, 2.05) is 50.2 Å². The van der Waals surface area contributed by atoms with Crippen LogP contribution in [0.15, 0.2) is 54.9 Å². The Bertz CT molecular complexity index is 853. The smallest absolute Gasteiger partial charge is 0.272 e. The maximum atomic E-state index is 12.4. The molecular formula is C19H20N4O. The quantitative estimate of drug-likeness (QED) is 0.775. The molecule has 0 fully saturated rings. The zero-order valence-electron chi connectivity index (χ0n) is 13.9. The summed E-state index contributed by atoms with van der Waals surface area (Å²) < 4.78 is 0. The molecule has 1 amide bonds. The summed E-state index contributed by atoms with van der Waals surface area (Å²) in [6, 6.07) is 13.5. The number of fused-ring (bicyclic) bond motifs is 1. The van der Waals surface area contributed by atoms with Crippen LogP contribution in [-0.2, 0) is 0 Å². The maximum Gasteiger partial charge on any atom is 0.272 e. The monoisotopic (exact) mass is 320 g/mol. The molecule has 24 heavy (non-hydrogen) atoms. The van der Waals surface area contributed by atoms with Gasteiger partial charge in [-0.15, -0.1) is 0 Å². The van der Waals surface area contributed by atoms with E-state index in [9.17, 15) is 4.79 Å². The van der Waals surface area contributed by atoms with E-state index >= 15 is 0 Å². The highest BCUT2D eigenvalue weighted by Gasteiger charge is 2.14. The summed E-state index contributed by atoms with van der Waals surface area (Å²) in [5.41, 5.74) is 3.06. The molecule has 0 aliphatic carbocycles. The minimum atomic E-state index is -0.0558. The summed E-state index contributed by atoms with van der Waals surface area (Å²) in [6.45, 7) is 5.26. The molecule has 3 aromatic rings. The molecule has 0 saturated heterocycles. The molecule has 0 aliphatic rings. The molecule has 5 heteroatoms. The fraction of sp³-hybridized carbons (Fsp3) is 0.211. The lowest BCUT2D eigenvalue weighted by Crippen LogP contribution is -2.31. The van der Waals surface area contributed by atoms with Gasteiger partial charge in [-0.1, -0.05) is 18.2 Å². The number of nitrogens with one attached hydrogen (secondary N) is 1. The van der Waals surface area contributed by atoms with Gasteiger partial charge < -0.3 is 10.2 Å². The average Bonchev–Trinajstić information content (AvgIpc) is 2.63. The van der Waals surface area contributed by atoms with E-state index in [2.05, 4.69) is 15.3 Å². The fourth-order valence-corrected chi connectivity index (χ4v) is 2.66. The standard InChI is InChI=1S/C19H20N4O/c1-3-23(4-2)19(24)17-13-15(10-12-20-17)22-16-9-5-7-14-8-6-11-21-18(14)16/h5-13H,3-4H2,1-2H3,(H,20,22). The Labute approximate surface area is 141 Å². The molecule has 1 aromatic carbocycles. The van der Waals surface area contributed by atoms with Crippen LogP contribution in [0.4, 0.5) is 11.4 Å². The van der Waals surface area contributed by atoms with Crippen molar-refractivity contribution >= 4 is 28.2 Å². The Morgan fingerprint density at radius 1 is 1.04 bits per heavy atom. The van der Waals surface area contributed by atoms with E-state index in [0.29, 0.717) is 18.8 Å². The Hall–Kier alpha value is -2.95. The number of para-hydroxylation sites is 1. The van der Waals surface area contributed by atoms with E-state index in [-0.39, 0.29) is 5.91 Å². The van der Waals surface area contributed by atoms with Gasteiger partial charge in [-0.25, -0.2) is 0 Å². The summed E-state index contributed by atoms with van der Waals surface area (Å²) in [7, 11) is 0. The molecule has 0 radical (unpaired) electrons. The summed E-state index contributed by atoms with van der Waals surface area (Å²) in [4.78, 5) is 22.9. The molecule has 0 saturated carbocycles. The fourth-order valence-electron chi connectivity index (χ4n) is 2.66. The highest BCUT2D eigenvalue weighted by atomic mass is 16.2. The second-order valence-electron chi connectivity index (χ2n) is 5.41. The van der Waals surface area contributed by atoms with Crippen LogP contribution in [-0.4, -0.2) is 33.9 Å². The first-order valence-electron chi connectivity index (χ1n) is 8.09. The van der Waals surface area contributed by atoms with Crippen LogP contribution >= 0.6 is 0 Å². The first kappa shape index (κ1) is 15.9.